The van der Waals surface area contributed by atoms with E-state index in [1.54, 1.807) is 35.0 Å². The van der Waals surface area contributed by atoms with Gasteiger partial charge in [-0.05, 0) is 37.1 Å². The van der Waals surface area contributed by atoms with Crippen molar-refractivity contribution >= 4 is 40.9 Å². The van der Waals surface area contributed by atoms with Gasteiger partial charge in [-0.2, -0.15) is 5.10 Å². The van der Waals surface area contributed by atoms with E-state index < -0.39 is 0 Å². The molecule has 0 aliphatic rings. The number of amides is 1. The third kappa shape index (κ3) is 4.85. The summed E-state index contributed by atoms with van der Waals surface area (Å²) >= 11 is 12.2. The molecule has 23 heavy (non-hydrogen) atoms. The summed E-state index contributed by atoms with van der Waals surface area (Å²) in [6, 6.07) is 6.99. The second-order valence-corrected chi connectivity index (χ2v) is 6.49. The van der Waals surface area contributed by atoms with Crippen molar-refractivity contribution in [1.29, 1.82) is 0 Å². The van der Waals surface area contributed by atoms with Crippen molar-refractivity contribution < 1.29 is 4.79 Å². The number of carbonyl (C=O) groups excluding carboxylic acids is 1. The molecular weight excluding hydrogens is 333 g/mol. The van der Waals surface area contributed by atoms with Gasteiger partial charge in [0.2, 0.25) is 5.91 Å². The van der Waals surface area contributed by atoms with E-state index in [1.807, 2.05) is 6.92 Å². The molecule has 6 heteroatoms. The Morgan fingerprint density at radius 2 is 2.13 bits per heavy atom. The number of nitrogens with zero attached hydrogens (tertiary/aromatic N) is 2. The van der Waals surface area contributed by atoms with Crippen LogP contribution in [0.4, 0.5) is 5.69 Å². The lowest BCUT2D eigenvalue weighted by atomic mass is 10.2. The van der Waals surface area contributed by atoms with Crippen molar-refractivity contribution in [3.63, 3.8) is 0 Å². The molecule has 0 atom stereocenters. The minimum Gasteiger partial charge on any atom is -0.322 e. The molecule has 1 N–H and O–H groups in total. The van der Waals surface area contributed by atoms with Crippen molar-refractivity contribution in [1.82, 2.24) is 9.78 Å². The van der Waals surface area contributed by atoms with Crippen LogP contribution in [0.5, 0.6) is 0 Å². The van der Waals surface area contributed by atoms with Crippen LogP contribution in [0, 0.1) is 12.8 Å². The van der Waals surface area contributed by atoms with Gasteiger partial charge in [-0.15, -0.1) is 0 Å². The maximum absolute atomic E-state index is 12.0. The van der Waals surface area contributed by atoms with Gasteiger partial charge in [-0.25, -0.2) is 0 Å². The Labute approximate surface area is 146 Å². The van der Waals surface area contributed by atoms with Crippen LogP contribution in [0.2, 0.25) is 10.2 Å². The van der Waals surface area contributed by atoms with Crippen LogP contribution in [-0.2, 0) is 11.3 Å². The topological polar surface area (TPSA) is 46.9 Å². The van der Waals surface area contributed by atoms with Crippen LogP contribution < -0.4 is 5.32 Å². The fourth-order valence-corrected chi connectivity index (χ4v) is 2.63. The van der Waals surface area contributed by atoms with Crippen molar-refractivity contribution in [3.8, 4) is 0 Å². The molecule has 0 unspecified atom stereocenters. The highest BCUT2D eigenvalue weighted by atomic mass is 35.5. The molecule has 1 aromatic carbocycles. The smallest absolute Gasteiger partial charge is 0.248 e. The summed E-state index contributed by atoms with van der Waals surface area (Å²) in [4.78, 5) is 12.0. The number of hydrogen-bond donors (Lipinski definition) is 1. The highest BCUT2D eigenvalue weighted by Crippen LogP contribution is 2.22. The van der Waals surface area contributed by atoms with Gasteiger partial charge in [0.25, 0.3) is 0 Å². The number of halogens is 2. The Morgan fingerprint density at radius 1 is 1.39 bits per heavy atom. The number of nitrogens with one attached hydrogen (secondary N) is 1. The number of aryl methyl sites for hydroxylation is 1. The third-order valence-corrected chi connectivity index (χ3v) is 3.77. The molecule has 2 aromatic rings. The van der Waals surface area contributed by atoms with Gasteiger partial charge in [-0.3, -0.25) is 9.48 Å². The van der Waals surface area contributed by atoms with Gasteiger partial charge in [-0.1, -0.05) is 43.1 Å². The Kier molecular flexibility index (Phi) is 5.85. The lowest BCUT2D eigenvalue weighted by molar-refractivity contribution is -0.111. The zero-order chi connectivity index (χ0) is 17.0. The fourth-order valence-electron chi connectivity index (χ4n) is 2.13. The summed E-state index contributed by atoms with van der Waals surface area (Å²) in [6.07, 6.45) is 3.12. The van der Waals surface area contributed by atoms with Crippen LogP contribution in [0.25, 0.3) is 6.08 Å². The lowest BCUT2D eigenvalue weighted by Gasteiger charge is -2.05. The van der Waals surface area contributed by atoms with Gasteiger partial charge in [0.05, 0.1) is 5.69 Å². The van der Waals surface area contributed by atoms with Gasteiger partial charge in [0.1, 0.15) is 5.15 Å². The van der Waals surface area contributed by atoms with E-state index in [0.29, 0.717) is 21.8 Å². The summed E-state index contributed by atoms with van der Waals surface area (Å²) in [7, 11) is 0. The average molecular weight is 352 g/mol. The predicted molar refractivity (Wildman–Crippen MR) is 95.9 cm³/mol. The minimum absolute atomic E-state index is 0.251. The van der Waals surface area contributed by atoms with Gasteiger partial charge >= 0.3 is 0 Å². The molecule has 1 amide bonds. The molecule has 0 radical (unpaired) electrons. The van der Waals surface area contributed by atoms with E-state index in [4.69, 9.17) is 23.2 Å². The van der Waals surface area contributed by atoms with Gasteiger partial charge in [0, 0.05) is 28.9 Å². The van der Waals surface area contributed by atoms with Crippen molar-refractivity contribution in [2.75, 3.05) is 5.32 Å². The van der Waals surface area contributed by atoms with Crippen LogP contribution in [0.15, 0.2) is 30.3 Å². The summed E-state index contributed by atoms with van der Waals surface area (Å²) < 4.78 is 1.76. The molecule has 0 spiro atoms. The SMILES string of the molecule is Cc1nn(CC(C)C)c(Cl)c1C=CC(=O)Nc1cccc(Cl)c1. The largest absolute Gasteiger partial charge is 0.322 e. The number of aromatic nitrogens is 2. The molecule has 0 saturated heterocycles. The van der Waals surface area contributed by atoms with E-state index in [9.17, 15) is 4.79 Å². The van der Waals surface area contributed by atoms with Crippen LogP contribution in [-0.4, -0.2) is 15.7 Å². The normalized spacial score (nSPS) is 11.4. The van der Waals surface area contributed by atoms with Gasteiger partial charge < -0.3 is 5.32 Å². The number of anilines is 1. The van der Waals surface area contributed by atoms with Crippen molar-refractivity contribution in [2.45, 2.75) is 27.3 Å². The summed E-state index contributed by atoms with van der Waals surface area (Å²) in [5.41, 5.74) is 2.20. The summed E-state index contributed by atoms with van der Waals surface area (Å²) in [5.74, 6) is 0.189. The van der Waals surface area contributed by atoms with Crippen LogP contribution in [0.1, 0.15) is 25.1 Å². The van der Waals surface area contributed by atoms with Crippen molar-refractivity contribution in [2.24, 2.45) is 5.92 Å². The zero-order valence-electron chi connectivity index (χ0n) is 13.3. The molecule has 2 rings (SSSR count). The van der Waals surface area contributed by atoms with E-state index >= 15 is 0 Å². The Hall–Kier alpha value is -1.78. The highest BCUT2D eigenvalue weighted by molar-refractivity contribution is 6.31. The molecule has 1 aromatic heterocycles. The second-order valence-electron chi connectivity index (χ2n) is 5.70. The first-order chi connectivity index (χ1) is 10.9. The molecule has 0 fully saturated rings. The summed E-state index contributed by atoms with van der Waals surface area (Å²) in [6.45, 7) is 6.81. The number of hydrogen-bond acceptors (Lipinski definition) is 2. The fraction of sp³-hybridized carbons (Fsp3) is 0.294. The van der Waals surface area contributed by atoms with Crippen LogP contribution >= 0.6 is 23.2 Å². The zero-order valence-corrected chi connectivity index (χ0v) is 14.8. The first kappa shape index (κ1) is 17.6. The van der Waals surface area contributed by atoms with E-state index in [-0.39, 0.29) is 5.91 Å². The molecular formula is C17H19Cl2N3O. The Bertz CT molecular complexity index is 735. The number of carbonyl (C=O) groups is 1. The quantitative estimate of drug-likeness (QED) is 0.786. The molecule has 0 aliphatic carbocycles. The maximum atomic E-state index is 12.0. The molecule has 4 nitrogen and oxygen atoms in total. The Morgan fingerprint density at radius 3 is 2.78 bits per heavy atom. The molecule has 122 valence electrons. The van der Waals surface area contributed by atoms with Crippen molar-refractivity contribution in [3.05, 3.63) is 51.8 Å². The first-order valence-electron chi connectivity index (χ1n) is 7.34. The number of rotatable bonds is 5. The molecule has 0 bridgehead atoms. The highest BCUT2D eigenvalue weighted by Gasteiger charge is 2.12. The van der Waals surface area contributed by atoms with Crippen LogP contribution in [0.3, 0.4) is 0 Å². The standard InChI is InChI=1S/C17H19Cl2N3O/c1-11(2)10-22-17(19)15(12(3)21-22)7-8-16(23)20-14-6-4-5-13(18)9-14/h4-9,11H,10H2,1-3H3,(H,20,23). The lowest BCUT2D eigenvalue weighted by Crippen LogP contribution is -2.07. The van der Waals surface area contributed by atoms with E-state index in [2.05, 4.69) is 24.3 Å². The molecule has 0 aliphatic heterocycles. The molecule has 1 heterocycles. The average Bonchev–Trinajstić information content (AvgIpc) is 2.70. The number of benzene rings is 1. The third-order valence-electron chi connectivity index (χ3n) is 3.14. The predicted octanol–water partition coefficient (Wildman–Crippen LogP) is 4.81. The Balaban J connectivity index is 2.10. The maximum Gasteiger partial charge on any atom is 0.248 e. The second kappa shape index (κ2) is 7.66. The molecule has 0 saturated carbocycles. The first-order valence-corrected chi connectivity index (χ1v) is 8.10. The minimum atomic E-state index is -0.251. The van der Waals surface area contributed by atoms with E-state index in [0.717, 1.165) is 17.8 Å². The monoisotopic (exact) mass is 351 g/mol. The van der Waals surface area contributed by atoms with E-state index in [1.165, 1.54) is 6.08 Å². The van der Waals surface area contributed by atoms with Gasteiger partial charge in [0.15, 0.2) is 0 Å². The summed E-state index contributed by atoms with van der Waals surface area (Å²) in [5, 5.41) is 8.27.